The molecular formula is C19H24N2O3. The lowest BCUT2D eigenvalue weighted by atomic mass is 9.87. The van der Waals surface area contributed by atoms with Crippen molar-refractivity contribution in [2.24, 2.45) is 5.92 Å². The summed E-state index contributed by atoms with van der Waals surface area (Å²) in [6.07, 6.45) is 1.72. The second-order valence-electron chi connectivity index (χ2n) is 5.87. The Morgan fingerprint density at radius 2 is 1.88 bits per heavy atom. The maximum Gasteiger partial charge on any atom is 0.228 e. The molecule has 0 bridgehead atoms. The Morgan fingerprint density at radius 3 is 2.46 bits per heavy atom. The zero-order valence-electron chi connectivity index (χ0n) is 14.6. The fourth-order valence-electron chi connectivity index (χ4n) is 2.68. The van der Waals surface area contributed by atoms with Gasteiger partial charge in [0.1, 0.15) is 0 Å². The van der Waals surface area contributed by atoms with E-state index in [1.807, 2.05) is 50.2 Å². The van der Waals surface area contributed by atoms with Crippen LogP contribution in [0.2, 0.25) is 0 Å². The van der Waals surface area contributed by atoms with Crippen LogP contribution < -0.4 is 14.8 Å². The normalized spacial score (nSPS) is 11.9. The summed E-state index contributed by atoms with van der Waals surface area (Å²) in [5, 5.41) is 2.97. The largest absolute Gasteiger partial charge is 0.493 e. The number of pyridine rings is 1. The molecule has 0 aliphatic carbocycles. The Balaban J connectivity index is 2.18. The van der Waals surface area contributed by atoms with E-state index >= 15 is 0 Å². The van der Waals surface area contributed by atoms with Gasteiger partial charge in [0.2, 0.25) is 5.91 Å². The van der Waals surface area contributed by atoms with Crippen molar-refractivity contribution >= 4 is 5.91 Å². The molecule has 2 aromatic rings. The maximum atomic E-state index is 12.7. The lowest BCUT2D eigenvalue weighted by molar-refractivity contribution is -0.123. The molecule has 0 fully saturated rings. The number of aromatic nitrogens is 1. The number of ether oxygens (including phenoxy) is 2. The molecule has 24 heavy (non-hydrogen) atoms. The van der Waals surface area contributed by atoms with Crippen LogP contribution in [0.1, 0.15) is 31.0 Å². The quantitative estimate of drug-likeness (QED) is 0.848. The van der Waals surface area contributed by atoms with Gasteiger partial charge in [0.05, 0.1) is 32.4 Å². The zero-order chi connectivity index (χ0) is 17.5. The Morgan fingerprint density at radius 1 is 1.12 bits per heavy atom. The molecule has 5 nitrogen and oxygen atoms in total. The van der Waals surface area contributed by atoms with Gasteiger partial charge < -0.3 is 14.8 Å². The number of nitrogens with one attached hydrogen (secondary N) is 1. The highest BCUT2D eigenvalue weighted by atomic mass is 16.5. The standard InChI is InChI=1S/C19H24N2O3/c1-13(2)18(14-8-9-16(23-3)17(11-14)24-4)19(22)21-12-15-7-5-6-10-20-15/h5-11,13,18H,12H2,1-4H3,(H,21,22). The van der Waals surface area contributed by atoms with Crippen LogP contribution in [0.4, 0.5) is 0 Å². The van der Waals surface area contributed by atoms with Crippen LogP contribution in [0.5, 0.6) is 11.5 Å². The zero-order valence-corrected chi connectivity index (χ0v) is 14.6. The van der Waals surface area contributed by atoms with Gasteiger partial charge in [0, 0.05) is 6.20 Å². The molecule has 1 aromatic carbocycles. The van der Waals surface area contributed by atoms with Gasteiger partial charge in [-0.05, 0) is 35.7 Å². The number of benzene rings is 1. The van der Waals surface area contributed by atoms with Gasteiger partial charge in [0.15, 0.2) is 11.5 Å². The van der Waals surface area contributed by atoms with E-state index in [1.165, 1.54) is 0 Å². The predicted octanol–water partition coefficient (Wildman–Crippen LogP) is 3.15. The Kier molecular flexibility index (Phi) is 6.18. The molecule has 1 N–H and O–H groups in total. The van der Waals surface area contributed by atoms with E-state index < -0.39 is 0 Å². The molecule has 0 radical (unpaired) electrons. The van der Waals surface area contributed by atoms with Crippen molar-refractivity contribution in [3.8, 4) is 11.5 Å². The van der Waals surface area contributed by atoms with Gasteiger partial charge in [0.25, 0.3) is 0 Å². The van der Waals surface area contributed by atoms with Crippen LogP contribution >= 0.6 is 0 Å². The molecular weight excluding hydrogens is 304 g/mol. The lowest BCUT2D eigenvalue weighted by Crippen LogP contribution is -2.32. The molecule has 1 heterocycles. The number of nitrogens with zero attached hydrogens (tertiary/aromatic N) is 1. The van der Waals surface area contributed by atoms with Crippen molar-refractivity contribution in [2.45, 2.75) is 26.3 Å². The lowest BCUT2D eigenvalue weighted by Gasteiger charge is -2.22. The van der Waals surface area contributed by atoms with Crippen molar-refractivity contribution in [1.82, 2.24) is 10.3 Å². The maximum absolute atomic E-state index is 12.7. The van der Waals surface area contributed by atoms with E-state index in [0.717, 1.165) is 11.3 Å². The van der Waals surface area contributed by atoms with Crippen LogP contribution in [0, 0.1) is 5.92 Å². The van der Waals surface area contributed by atoms with Crippen molar-refractivity contribution in [3.05, 3.63) is 53.9 Å². The predicted molar refractivity (Wildman–Crippen MR) is 93.2 cm³/mol. The molecule has 1 aromatic heterocycles. The molecule has 0 aliphatic rings. The fourth-order valence-corrected chi connectivity index (χ4v) is 2.68. The Hall–Kier alpha value is -2.56. The highest BCUT2D eigenvalue weighted by Crippen LogP contribution is 2.33. The molecule has 1 amide bonds. The third-order valence-corrected chi connectivity index (χ3v) is 3.89. The first kappa shape index (κ1) is 17.8. The summed E-state index contributed by atoms with van der Waals surface area (Å²) in [5.74, 6) is 1.12. The van der Waals surface area contributed by atoms with Crippen LogP contribution in [-0.4, -0.2) is 25.1 Å². The second kappa shape index (κ2) is 8.34. The fraction of sp³-hybridized carbons (Fsp3) is 0.368. The molecule has 0 saturated heterocycles. The molecule has 0 spiro atoms. The van der Waals surface area contributed by atoms with Crippen LogP contribution in [0.3, 0.4) is 0 Å². The van der Waals surface area contributed by atoms with E-state index in [1.54, 1.807) is 20.4 Å². The number of methoxy groups -OCH3 is 2. The summed E-state index contributed by atoms with van der Waals surface area (Å²) >= 11 is 0. The van der Waals surface area contributed by atoms with Gasteiger partial charge >= 0.3 is 0 Å². The molecule has 0 saturated carbocycles. The third kappa shape index (κ3) is 4.25. The Bertz CT molecular complexity index is 672. The minimum absolute atomic E-state index is 0.0251. The van der Waals surface area contributed by atoms with E-state index in [-0.39, 0.29) is 17.7 Å². The van der Waals surface area contributed by atoms with E-state index in [2.05, 4.69) is 10.3 Å². The summed E-state index contributed by atoms with van der Waals surface area (Å²) < 4.78 is 10.6. The molecule has 5 heteroatoms. The topological polar surface area (TPSA) is 60.5 Å². The number of carbonyl (C=O) groups is 1. The van der Waals surface area contributed by atoms with Gasteiger partial charge in [-0.3, -0.25) is 9.78 Å². The van der Waals surface area contributed by atoms with Gasteiger partial charge in [-0.1, -0.05) is 26.0 Å². The van der Waals surface area contributed by atoms with Gasteiger partial charge in [-0.15, -0.1) is 0 Å². The summed E-state index contributed by atoms with van der Waals surface area (Å²) in [6.45, 7) is 4.47. The molecule has 128 valence electrons. The molecule has 1 unspecified atom stereocenters. The van der Waals surface area contributed by atoms with Crippen LogP contribution in [0.15, 0.2) is 42.6 Å². The molecule has 0 aliphatic heterocycles. The highest BCUT2D eigenvalue weighted by molar-refractivity contribution is 5.84. The van der Waals surface area contributed by atoms with Gasteiger partial charge in [-0.2, -0.15) is 0 Å². The van der Waals surface area contributed by atoms with Crippen molar-refractivity contribution in [2.75, 3.05) is 14.2 Å². The van der Waals surface area contributed by atoms with Gasteiger partial charge in [-0.25, -0.2) is 0 Å². The first-order valence-electron chi connectivity index (χ1n) is 7.96. The van der Waals surface area contributed by atoms with Crippen LogP contribution in [0.25, 0.3) is 0 Å². The minimum Gasteiger partial charge on any atom is -0.493 e. The monoisotopic (exact) mass is 328 g/mol. The minimum atomic E-state index is -0.270. The second-order valence-corrected chi connectivity index (χ2v) is 5.87. The van der Waals surface area contributed by atoms with E-state index in [4.69, 9.17) is 9.47 Å². The average Bonchev–Trinajstić information content (AvgIpc) is 2.60. The van der Waals surface area contributed by atoms with Crippen LogP contribution in [-0.2, 0) is 11.3 Å². The first-order valence-corrected chi connectivity index (χ1v) is 7.96. The Labute approximate surface area is 143 Å². The molecule has 2 rings (SSSR count). The summed E-state index contributed by atoms with van der Waals surface area (Å²) in [5.41, 5.74) is 1.74. The number of amides is 1. The van der Waals surface area contributed by atoms with Crippen molar-refractivity contribution in [1.29, 1.82) is 0 Å². The summed E-state index contributed by atoms with van der Waals surface area (Å²) in [6, 6.07) is 11.3. The smallest absolute Gasteiger partial charge is 0.228 e. The SMILES string of the molecule is COc1ccc(C(C(=O)NCc2ccccn2)C(C)C)cc1OC. The first-order chi connectivity index (χ1) is 11.6. The number of hydrogen-bond acceptors (Lipinski definition) is 4. The highest BCUT2D eigenvalue weighted by Gasteiger charge is 2.25. The third-order valence-electron chi connectivity index (χ3n) is 3.89. The van der Waals surface area contributed by atoms with Crippen molar-refractivity contribution in [3.63, 3.8) is 0 Å². The molecule has 1 atom stereocenters. The van der Waals surface area contributed by atoms with E-state index in [9.17, 15) is 4.79 Å². The summed E-state index contributed by atoms with van der Waals surface area (Å²) in [7, 11) is 3.18. The van der Waals surface area contributed by atoms with Crippen molar-refractivity contribution < 1.29 is 14.3 Å². The van der Waals surface area contributed by atoms with E-state index in [0.29, 0.717) is 18.0 Å². The number of hydrogen-bond donors (Lipinski definition) is 1. The number of rotatable bonds is 7. The average molecular weight is 328 g/mol. The number of carbonyl (C=O) groups excluding carboxylic acids is 1. The summed E-state index contributed by atoms with van der Waals surface area (Å²) in [4.78, 5) is 16.9.